The van der Waals surface area contributed by atoms with Crippen LogP contribution in [-0.4, -0.2) is 26.1 Å². The van der Waals surface area contributed by atoms with Gasteiger partial charge in [0.25, 0.3) is 5.91 Å². The summed E-state index contributed by atoms with van der Waals surface area (Å²) in [5.41, 5.74) is 3.51. The molecule has 2 aromatic rings. The summed E-state index contributed by atoms with van der Waals surface area (Å²) in [5.74, 6) is 0.159. The molecule has 0 aliphatic heterocycles. The summed E-state index contributed by atoms with van der Waals surface area (Å²) < 4.78 is 28.7. The Morgan fingerprint density at radius 1 is 1.22 bits per heavy atom. The van der Waals surface area contributed by atoms with E-state index in [1.165, 1.54) is 23.3 Å². The number of benzene rings is 2. The Bertz CT molecular complexity index is 765. The zero-order chi connectivity index (χ0) is 19.2. The highest BCUT2D eigenvalue weighted by molar-refractivity contribution is 5.77. The highest BCUT2D eigenvalue weighted by Crippen LogP contribution is 2.29. The van der Waals surface area contributed by atoms with Crippen LogP contribution in [0.25, 0.3) is 0 Å². The molecule has 2 N–H and O–H groups in total. The standard InChI is InChI=1S/C21H24F2N2O2/c1-25(13-15-9-11-17(12-10-15)27-21(22)23)14-20(26)24-19-8-4-6-16-5-2-3-7-18(16)19/h2-3,5,7,9-12,19,21H,4,6,8,13-14H2,1H3,(H,24,26)/p+1/t19-/m0/s1. The van der Waals surface area contributed by atoms with Gasteiger partial charge < -0.3 is 15.0 Å². The van der Waals surface area contributed by atoms with Gasteiger partial charge in [-0.3, -0.25) is 4.79 Å². The van der Waals surface area contributed by atoms with Gasteiger partial charge in [0.2, 0.25) is 0 Å². The van der Waals surface area contributed by atoms with E-state index in [9.17, 15) is 13.6 Å². The van der Waals surface area contributed by atoms with Crippen LogP contribution in [-0.2, 0) is 17.8 Å². The van der Waals surface area contributed by atoms with Crippen molar-refractivity contribution in [3.63, 3.8) is 0 Å². The van der Waals surface area contributed by atoms with Gasteiger partial charge in [-0.15, -0.1) is 0 Å². The predicted octanol–water partition coefficient (Wildman–Crippen LogP) is 2.50. The van der Waals surface area contributed by atoms with Gasteiger partial charge >= 0.3 is 6.61 Å². The van der Waals surface area contributed by atoms with E-state index in [1.807, 2.05) is 19.2 Å². The largest absolute Gasteiger partial charge is 0.435 e. The van der Waals surface area contributed by atoms with Crippen LogP contribution >= 0.6 is 0 Å². The monoisotopic (exact) mass is 375 g/mol. The molecule has 0 radical (unpaired) electrons. The van der Waals surface area contributed by atoms with Crippen LogP contribution in [0.5, 0.6) is 5.75 Å². The maximum Gasteiger partial charge on any atom is 0.387 e. The quantitative estimate of drug-likeness (QED) is 0.781. The number of halogens is 2. The molecular weight excluding hydrogens is 350 g/mol. The van der Waals surface area contributed by atoms with Crippen LogP contribution in [0.4, 0.5) is 8.78 Å². The van der Waals surface area contributed by atoms with E-state index in [4.69, 9.17) is 0 Å². The van der Waals surface area contributed by atoms with Gasteiger partial charge in [-0.2, -0.15) is 8.78 Å². The predicted molar refractivity (Wildman–Crippen MR) is 98.8 cm³/mol. The molecule has 0 saturated heterocycles. The van der Waals surface area contributed by atoms with Crippen LogP contribution in [0.15, 0.2) is 48.5 Å². The van der Waals surface area contributed by atoms with Crippen molar-refractivity contribution in [1.82, 2.24) is 5.32 Å². The molecule has 2 aromatic carbocycles. The van der Waals surface area contributed by atoms with E-state index in [1.54, 1.807) is 12.1 Å². The van der Waals surface area contributed by atoms with Crippen LogP contribution in [0.2, 0.25) is 0 Å². The van der Waals surface area contributed by atoms with Crippen molar-refractivity contribution in [1.29, 1.82) is 0 Å². The first-order valence-corrected chi connectivity index (χ1v) is 9.23. The Morgan fingerprint density at radius 3 is 2.70 bits per heavy atom. The summed E-state index contributed by atoms with van der Waals surface area (Å²) in [6.07, 6.45) is 3.12. The van der Waals surface area contributed by atoms with Crippen LogP contribution < -0.4 is 15.0 Å². The summed E-state index contributed by atoms with van der Waals surface area (Å²) in [6, 6.07) is 14.9. The van der Waals surface area contributed by atoms with E-state index in [0.717, 1.165) is 29.7 Å². The van der Waals surface area contributed by atoms with Crippen molar-refractivity contribution >= 4 is 5.91 Å². The molecule has 144 valence electrons. The lowest BCUT2D eigenvalue weighted by atomic mass is 9.88. The fourth-order valence-electron chi connectivity index (χ4n) is 3.62. The van der Waals surface area contributed by atoms with Crippen molar-refractivity contribution in [3.05, 3.63) is 65.2 Å². The van der Waals surface area contributed by atoms with Crippen molar-refractivity contribution in [2.24, 2.45) is 0 Å². The minimum Gasteiger partial charge on any atom is -0.435 e. The third-order valence-corrected chi connectivity index (χ3v) is 4.82. The first-order chi connectivity index (χ1) is 13.0. The molecule has 27 heavy (non-hydrogen) atoms. The molecule has 0 fully saturated rings. The molecule has 0 heterocycles. The second-order valence-electron chi connectivity index (χ2n) is 7.04. The third-order valence-electron chi connectivity index (χ3n) is 4.82. The van der Waals surface area contributed by atoms with Crippen LogP contribution in [0, 0.1) is 0 Å². The molecule has 2 atom stereocenters. The number of carbonyl (C=O) groups is 1. The Balaban J connectivity index is 1.51. The van der Waals surface area contributed by atoms with Gasteiger partial charge in [0.15, 0.2) is 6.54 Å². The molecule has 0 saturated carbocycles. The number of nitrogens with one attached hydrogen (secondary N) is 2. The topological polar surface area (TPSA) is 42.8 Å². The molecule has 1 aliphatic carbocycles. The number of amides is 1. The third kappa shape index (κ3) is 5.50. The lowest BCUT2D eigenvalue weighted by molar-refractivity contribution is -0.885. The van der Waals surface area contributed by atoms with Gasteiger partial charge in [0.1, 0.15) is 12.3 Å². The summed E-state index contributed by atoms with van der Waals surface area (Å²) in [4.78, 5) is 13.5. The average molecular weight is 375 g/mol. The van der Waals surface area contributed by atoms with Gasteiger partial charge in [0.05, 0.1) is 13.1 Å². The molecule has 0 aromatic heterocycles. The fraction of sp³-hybridized carbons (Fsp3) is 0.381. The highest BCUT2D eigenvalue weighted by Gasteiger charge is 2.22. The maximum absolute atomic E-state index is 12.5. The molecule has 0 spiro atoms. The average Bonchev–Trinajstić information content (AvgIpc) is 2.63. The molecule has 3 rings (SSSR count). The number of carbonyl (C=O) groups excluding carboxylic acids is 1. The van der Waals surface area contributed by atoms with E-state index in [0.29, 0.717) is 13.1 Å². The lowest BCUT2D eigenvalue weighted by Gasteiger charge is -2.26. The van der Waals surface area contributed by atoms with Crippen molar-refractivity contribution in [2.45, 2.75) is 38.5 Å². The second kappa shape index (κ2) is 8.95. The maximum atomic E-state index is 12.5. The van der Waals surface area contributed by atoms with E-state index in [-0.39, 0.29) is 17.7 Å². The number of fused-ring (bicyclic) bond motifs is 1. The number of likely N-dealkylation sites (N-methyl/N-ethyl adjacent to an activating group) is 1. The van der Waals surface area contributed by atoms with E-state index in [2.05, 4.69) is 22.2 Å². The number of quaternary nitrogens is 1. The Kier molecular flexibility index (Phi) is 6.40. The minimum absolute atomic E-state index is 0.0202. The number of hydrogen-bond donors (Lipinski definition) is 2. The Hall–Kier alpha value is -2.47. The molecule has 1 aliphatic rings. The first-order valence-electron chi connectivity index (χ1n) is 9.23. The molecule has 1 amide bonds. The lowest BCUT2D eigenvalue weighted by Crippen LogP contribution is -3.08. The Morgan fingerprint density at radius 2 is 1.96 bits per heavy atom. The molecule has 0 bridgehead atoms. The number of hydrogen-bond acceptors (Lipinski definition) is 2. The molecule has 1 unspecified atom stereocenters. The minimum atomic E-state index is -2.82. The van der Waals surface area contributed by atoms with Crippen molar-refractivity contribution in [3.8, 4) is 5.75 Å². The summed E-state index contributed by atoms with van der Waals surface area (Å²) in [5, 5.41) is 3.16. The molecular formula is C21H25F2N2O2+. The van der Waals surface area contributed by atoms with Crippen LogP contribution in [0.1, 0.15) is 35.6 Å². The summed E-state index contributed by atoms with van der Waals surface area (Å²) in [6.45, 7) is -1.84. The van der Waals surface area contributed by atoms with Gasteiger partial charge in [0, 0.05) is 5.56 Å². The molecule has 4 nitrogen and oxygen atoms in total. The number of rotatable bonds is 7. The normalized spacial score (nSPS) is 17.3. The number of ether oxygens (including phenoxy) is 1. The zero-order valence-electron chi connectivity index (χ0n) is 15.4. The van der Waals surface area contributed by atoms with Crippen molar-refractivity contribution < 1.29 is 23.2 Å². The summed E-state index contributed by atoms with van der Waals surface area (Å²) in [7, 11) is 1.94. The summed E-state index contributed by atoms with van der Waals surface area (Å²) >= 11 is 0. The Labute approximate surface area is 158 Å². The van der Waals surface area contributed by atoms with Gasteiger partial charge in [-0.25, -0.2) is 0 Å². The van der Waals surface area contributed by atoms with Gasteiger partial charge in [-0.05, 0) is 54.7 Å². The van der Waals surface area contributed by atoms with E-state index >= 15 is 0 Å². The van der Waals surface area contributed by atoms with Crippen LogP contribution in [0.3, 0.4) is 0 Å². The second-order valence-corrected chi connectivity index (χ2v) is 7.04. The number of aryl methyl sites for hydroxylation is 1. The SMILES string of the molecule is C[NH+](CC(=O)N[C@H]1CCCc2ccccc21)Cc1ccc(OC(F)F)cc1. The van der Waals surface area contributed by atoms with Gasteiger partial charge in [-0.1, -0.05) is 24.3 Å². The van der Waals surface area contributed by atoms with E-state index < -0.39 is 6.61 Å². The zero-order valence-corrected chi connectivity index (χ0v) is 15.4. The molecule has 6 heteroatoms. The highest BCUT2D eigenvalue weighted by atomic mass is 19.3. The smallest absolute Gasteiger partial charge is 0.387 e. The van der Waals surface area contributed by atoms with Crippen molar-refractivity contribution in [2.75, 3.05) is 13.6 Å². The fourth-order valence-corrected chi connectivity index (χ4v) is 3.62. The first kappa shape index (κ1) is 19.3. The number of alkyl halides is 2.